The van der Waals surface area contributed by atoms with Crippen molar-refractivity contribution in [2.45, 2.75) is 20.8 Å². The first-order valence-corrected chi connectivity index (χ1v) is 7.97. The minimum absolute atomic E-state index is 0.00767. The second-order valence-corrected chi connectivity index (χ2v) is 6.31. The van der Waals surface area contributed by atoms with Gasteiger partial charge in [-0.05, 0) is 49.2 Å². The van der Waals surface area contributed by atoms with E-state index in [4.69, 9.17) is 4.74 Å². The SMILES string of the molecule is CC(=O)Oc1cc(C)c(-c2nc3ccccc3c(=O)s2)cc1C. The smallest absolute Gasteiger partial charge is 0.308 e. The third-order valence-corrected chi connectivity index (χ3v) is 4.45. The molecule has 0 aliphatic heterocycles. The lowest BCUT2D eigenvalue weighted by atomic mass is 10.0. The van der Waals surface area contributed by atoms with Gasteiger partial charge in [-0.3, -0.25) is 9.59 Å². The zero-order valence-corrected chi connectivity index (χ0v) is 13.9. The maximum absolute atomic E-state index is 12.3. The third-order valence-electron chi connectivity index (χ3n) is 3.54. The number of carbonyl (C=O) groups is 1. The molecule has 0 unspecified atom stereocenters. The number of nitrogens with zero attached hydrogens (tertiary/aromatic N) is 1. The Morgan fingerprint density at radius 3 is 2.61 bits per heavy atom. The van der Waals surface area contributed by atoms with Crippen LogP contribution in [0.3, 0.4) is 0 Å². The normalized spacial score (nSPS) is 10.7. The van der Waals surface area contributed by atoms with Gasteiger partial charge >= 0.3 is 5.97 Å². The fourth-order valence-electron chi connectivity index (χ4n) is 2.42. The molecule has 0 aliphatic rings. The molecule has 0 N–H and O–H groups in total. The van der Waals surface area contributed by atoms with Crippen LogP contribution in [0.1, 0.15) is 18.1 Å². The summed E-state index contributed by atoms with van der Waals surface area (Å²) in [6.45, 7) is 5.15. The average Bonchev–Trinajstić information content (AvgIpc) is 2.50. The molecule has 0 saturated heterocycles. The summed E-state index contributed by atoms with van der Waals surface area (Å²) in [5.41, 5.74) is 3.30. The summed E-state index contributed by atoms with van der Waals surface area (Å²) in [5.74, 6) is 0.181. The second kappa shape index (κ2) is 5.93. The Labute approximate surface area is 137 Å². The summed E-state index contributed by atoms with van der Waals surface area (Å²) in [6.07, 6.45) is 0. The second-order valence-electron chi connectivity index (χ2n) is 5.35. The van der Waals surface area contributed by atoms with Crippen molar-refractivity contribution in [1.29, 1.82) is 0 Å². The number of ether oxygens (including phenoxy) is 1. The highest BCUT2D eigenvalue weighted by Crippen LogP contribution is 2.31. The van der Waals surface area contributed by atoms with Crippen molar-refractivity contribution in [2.24, 2.45) is 0 Å². The van der Waals surface area contributed by atoms with Crippen LogP contribution < -0.4 is 9.48 Å². The molecule has 0 radical (unpaired) electrons. The van der Waals surface area contributed by atoms with E-state index in [1.165, 1.54) is 6.92 Å². The Balaban J connectivity index is 2.17. The summed E-state index contributed by atoms with van der Waals surface area (Å²) in [5, 5.41) is 1.30. The van der Waals surface area contributed by atoms with E-state index in [9.17, 15) is 9.59 Å². The number of aryl methyl sites for hydroxylation is 2. The van der Waals surface area contributed by atoms with E-state index in [1.54, 1.807) is 12.1 Å². The minimum Gasteiger partial charge on any atom is -0.426 e. The number of hydrogen-bond acceptors (Lipinski definition) is 5. The van der Waals surface area contributed by atoms with Crippen molar-refractivity contribution in [3.8, 4) is 16.3 Å². The molecule has 0 saturated carbocycles. The maximum Gasteiger partial charge on any atom is 0.308 e. The van der Waals surface area contributed by atoms with E-state index < -0.39 is 0 Å². The quantitative estimate of drug-likeness (QED) is 0.530. The van der Waals surface area contributed by atoms with Crippen LogP contribution in [0.5, 0.6) is 5.75 Å². The highest BCUT2D eigenvalue weighted by atomic mass is 32.1. The average molecular weight is 325 g/mol. The molecule has 0 aliphatic carbocycles. The van der Waals surface area contributed by atoms with Gasteiger partial charge in [-0.2, -0.15) is 0 Å². The van der Waals surface area contributed by atoms with Gasteiger partial charge in [0.25, 0.3) is 0 Å². The van der Waals surface area contributed by atoms with Gasteiger partial charge in [0.2, 0.25) is 4.74 Å². The third kappa shape index (κ3) is 3.00. The van der Waals surface area contributed by atoms with Crippen molar-refractivity contribution >= 4 is 28.2 Å². The van der Waals surface area contributed by atoms with Crippen LogP contribution in [0, 0.1) is 13.8 Å². The zero-order valence-electron chi connectivity index (χ0n) is 13.0. The van der Waals surface area contributed by atoms with Crippen LogP contribution in [0.25, 0.3) is 21.5 Å². The molecule has 3 aromatic rings. The number of carbonyl (C=O) groups excluding carboxylic acids is 1. The van der Waals surface area contributed by atoms with E-state index in [-0.39, 0.29) is 10.7 Å². The Bertz CT molecular complexity index is 976. The molecule has 0 spiro atoms. The summed E-state index contributed by atoms with van der Waals surface area (Å²) in [6, 6.07) is 11.0. The summed E-state index contributed by atoms with van der Waals surface area (Å²) < 4.78 is 5.19. The van der Waals surface area contributed by atoms with Crippen LogP contribution in [0.4, 0.5) is 0 Å². The lowest BCUT2D eigenvalue weighted by Crippen LogP contribution is -2.04. The van der Waals surface area contributed by atoms with Crippen molar-refractivity contribution in [2.75, 3.05) is 0 Å². The standard InChI is InChI=1S/C18H15NO3S/c1-10-9-16(22-12(3)20)11(2)8-14(10)17-19-15-7-5-4-6-13(15)18(21)23-17/h4-9H,1-3H3. The monoisotopic (exact) mass is 325 g/mol. The van der Waals surface area contributed by atoms with Crippen molar-refractivity contribution in [3.63, 3.8) is 0 Å². The Kier molecular flexibility index (Phi) is 3.96. The van der Waals surface area contributed by atoms with Crippen molar-refractivity contribution < 1.29 is 9.53 Å². The molecule has 5 heteroatoms. The van der Waals surface area contributed by atoms with E-state index in [2.05, 4.69) is 4.98 Å². The zero-order chi connectivity index (χ0) is 16.6. The molecule has 116 valence electrons. The lowest BCUT2D eigenvalue weighted by Gasteiger charge is -2.11. The predicted octanol–water partition coefficient (Wildman–Crippen LogP) is 3.87. The van der Waals surface area contributed by atoms with Gasteiger partial charge < -0.3 is 4.74 Å². The van der Waals surface area contributed by atoms with Gasteiger partial charge in [0, 0.05) is 12.5 Å². The fourth-order valence-corrected chi connectivity index (χ4v) is 3.35. The van der Waals surface area contributed by atoms with Crippen molar-refractivity contribution in [3.05, 3.63) is 57.1 Å². The van der Waals surface area contributed by atoms with Crippen molar-refractivity contribution in [1.82, 2.24) is 4.98 Å². The molecular formula is C18H15NO3S. The van der Waals surface area contributed by atoms with Crippen LogP contribution in [-0.4, -0.2) is 11.0 Å². The van der Waals surface area contributed by atoms with E-state index in [0.29, 0.717) is 21.7 Å². The highest BCUT2D eigenvalue weighted by Gasteiger charge is 2.12. The van der Waals surface area contributed by atoms with Crippen LogP contribution in [-0.2, 0) is 4.79 Å². The molecule has 2 aromatic carbocycles. The predicted molar refractivity (Wildman–Crippen MR) is 92.1 cm³/mol. The summed E-state index contributed by atoms with van der Waals surface area (Å²) in [4.78, 5) is 28.0. The van der Waals surface area contributed by atoms with Crippen LogP contribution in [0.2, 0.25) is 0 Å². The first kappa shape index (κ1) is 15.4. The number of hydrogen-bond donors (Lipinski definition) is 0. The summed E-state index contributed by atoms with van der Waals surface area (Å²) in [7, 11) is 0. The van der Waals surface area contributed by atoms with Crippen LogP contribution >= 0.6 is 11.3 Å². The molecule has 1 heterocycles. The Morgan fingerprint density at radius 2 is 1.87 bits per heavy atom. The number of rotatable bonds is 2. The largest absolute Gasteiger partial charge is 0.426 e. The highest BCUT2D eigenvalue weighted by molar-refractivity contribution is 7.13. The number of para-hydroxylation sites is 1. The molecule has 0 amide bonds. The number of benzene rings is 2. The first-order valence-electron chi connectivity index (χ1n) is 7.15. The molecule has 3 rings (SSSR count). The fraction of sp³-hybridized carbons (Fsp3) is 0.167. The molecular weight excluding hydrogens is 310 g/mol. The van der Waals surface area contributed by atoms with Gasteiger partial charge in [-0.25, -0.2) is 4.98 Å². The van der Waals surface area contributed by atoms with Gasteiger partial charge in [0.05, 0.1) is 10.9 Å². The van der Waals surface area contributed by atoms with E-state index >= 15 is 0 Å². The molecule has 0 fully saturated rings. The Hall–Kier alpha value is -2.53. The molecule has 1 aromatic heterocycles. The van der Waals surface area contributed by atoms with Gasteiger partial charge in [0.15, 0.2) is 0 Å². The topological polar surface area (TPSA) is 56.3 Å². The number of esters is 1. The molecule has 0 bridgehead atoms. The van der Waals surface area contributed by atoms with Gasteiger partial charge in [0.1, 0.15) is 10.8 Å². The number of aromatic nitrogens is 1. The van der Waals surface area contributed by atoms with E-state index in [0.717, 1.165) is 28.0 Å². The molecule has 23 heavy (non-hydrogen) atoms. The lowest BCUT2D eigenvalue weighted by molar-refractivity contribution is -0.131. The van der Waals surface area contributed by atoms with Gasteiger partial charge in [-0.15, -0.1) is 0 Å². The van der Waals surface area contributed by atoms with Gasteiger partial charge in [-0.1, -0.05) is 23.5 Å². The minimum atomic E-state index is -0.353. The molecule has 4 nitrogen and oxygen atoms in total. The van der Waals surface area contributed by atoms with E-state index in [1.807, 2.05) is 38.1 Å². The Morgan fingerprint density at radius 1 is 1.13 bits per heavy atom. The van der Waals surface area contributed by atoms with Crippen LogP contribution in [0.15, 0.2) is 41.2 Å². The maximum atomic E-state index is 12.3. The first-order chi connectivity index (χ1) is 11.0. The molecule has 0 atom stereocenters. The summed E-state index contributed by atoms with van der Waals surface area (Å²) >= 11 is 1.13. The number of fused-ring (bicyclic) bond motifs is 1.